The highest BCUT2D eigenvalue weighted by molar-refractivity contribution is 5.26. The molecule has 0 aliphatic heterocycles. The van der Waals surface area contributed by atoms with E-state index in [2.05, 4.69) is 50.0 Å². The quantitative estimate of drug-likeness (QED) is 0.759. The molecular formula is C15H21N. The molecule has 1 aliphatic carbocycles. The van der Waals surface area contributed by atoms with E-state index in [-0.39, 0.29) is 0 Å². The summed E-state index contributed by atoms with van der Waals surface area (Å²) in [5, 5.41) is 3.56. The van der Waals surface area contributed by atoms with Crippen molar-refractivity contribution >= 4 is 0 Å². The maximum atomic E-state index is 3.80. The van der Waals surface area contributed by atoms with Crippen molar-refractivity contribution in [1.29, 1.82) is 0 Å². The molecule has 1 saturated carbocycles. The van der Waals surface area contributed by atoms with Crippen LogP contribution in [-0.4, -0.2) is 12.1 Å². The van der Waals surface area contributed by atoms with Crippen LogP contribution in [0.4, 0.5) is 0 Å². The van der Waals surface area contributed by atoms with E-state index in [1.807, 2.05) is 6.08 Å². The maximum absolute atomic E-state index is 3.80. The van der Waals surface area contributed by atoms with Gasteiger partial charge in [-0.25, -0.2) is 0 Å². The van der Waals surface area contributed by atoms with E-state index in [1.165, 1.54) is 24.0 Å². The minimum absolute atomic E-state index is 0.434. The van der Waals surface area contributed by atoms with Gasteiger partial charge in [0.15, 0.2) is 0 Å². The van der Waals surface area contributed by atoms with E-state index >= 15 is 0 Å². The van der Waals surface area contributed by atoms with Crippen molar-refractivity contribution in [2.24, 2.45) is 0 Å². The highest BCUT2D eigenvalue weighted by Gasteiger charge is 2.30. The van der Waals surface area contributed by atoms with Crippen LogP contribution in [0.3, 0.4) is 0 Å². The molecule has 0 bridgehead atoms. The predicted octanol–water partition coefficient (Wildman–Crippen LogP) is 3.41. The summed E-state index contributed by atoms with van der Waals surface area (Å²) in [6, 6.07) is 10.1. The van der Waals surface area contributed by atoms with E-state index in [0.717, 1.165) is 5.92 Å². The number of rotatable bonds is 4. The second-order valence-electron chi connectivity index (χ2n) is 4.97. The average molecular weight is 215 g/mol. The zero-order valence-corrected chi connectivity index (χ0v) is 10.2. The lowest BCUT2D eigenvalue weighted by Gasteiger charge is -2.37. The second kappa shape index (κ2) is 4.84. The van der Waals surface area contributed by atoms with Crippen molar-refractivity contribution in [3.05, 3.63) is 48.0 Å². The fourth-order valence-electron chi connectivity index (χ4n) is 2.30. The lowest BCUT2D eigenvalue weighted by molar-refractivity contribution is 0.282. The lowest BCUT2D eigenvalue weighted by atomic mass is 9.75. The van der Waals surface area contributed by atoms with Gasteiger partial charge in [0.05, 0.1) is 0 Å². The standard InChI is InChI=1S/C15H21N/c1-4-12(3)16-15-9-14(10-15)13-7-5-11(2)6-8-13/h4-8,12,14-16H,1,9-10H2,2-3H3. The maximum Gasteiger partial charge on any atom is 0.0221 e. The smallest absolute Gasteiger partial charge is 0.0221 e. The molecular weight excluding hydrogens is 194 g/mol. The van der Waals surface area contributed by atoms with Gasteiger partial charge in [0.25, 0.3) is 0 Å². The van der Waals surface area contributed by atoms with Crippen molar-refractivity contribution < 1.29 is 0 Å². The van der Waals surface area contributed by atoms with Gasteiger partial charge in [-0.15, -0.1) is 6.58 Å². The molecule has 0 spiro atoms. The third-order valence-corrected chi connectivity index (χ3v) is 3.54. The van der Waals surface area contributed by atoms with Crippen LogP contribution < -0.4 is 5.32 Å². The van der Waals surface area contributed by atoms with Gasteiger partial charge in [0.1, 0.15) is 0 Å². The molecule has 0 amide bonds. The second-order valence-corrected chi connectivity index (χ2v) is 4.97. The molecule has 0 radical (unpaired) electrons. The molecule has 0 saturated heterocycles. The van der Waals surface area contributed by atoms with Crippen molar-refractivity contribution in [3.63, 3.8) is 0 Å². The molecule has 1 aromatic carbocycles. The van der Waals surface area contributed by atoms with Crippen LogP contribution in [0.25, 0.3) is 0 Å². The first kappa shape index (κ1) is 11.4. The van der Waals surface area contributed by atoms with Gasteiger partial charge in [-0.1, -0.05) is 35.9 Å². The van der Waals surface area contributed by atoms with Crippen LogP contribution in [0.1, 0.15) is 36.8 Å². The van der Waals surface area contributed by atoms with Gasteiger partial charge >= 0.3 is 0 Å². The predicted molar refractivity (Wildman–Crippen MR) is 69.7 cm³/mol. The highest BCUT2D eigenvalue weighted by Crippen LogP contribution is 2.37. The van der Waals surface area contributed by atoms with E-state index in [0.29, 0.717) is 12.1 Å². The van der Waals surface area contributed by atoms with Crippen LogP contribution in [0, 0.1) is 6.92 Å². The molecule has 1 heteroatoms. The highest BCUT2D eigenvalue weighted by atomic mass is 15.0. The summed E-state index contributed by atoms with van der Waals surface area (Å²) >= 11 is 0. The molecule has 2 rings (SSSR count). The number of nitrogens with one attached hydrogen (secondary N) is 1. The summed E-state index contributed by atoms with van der Waals surface area (Å²) in [6.45, 7) is 8.09. The Hall–Kier alpha value is -1.08. The van der Waals surface area contributed by atoms with Gasteiger partial charge in [-0.2, -0.15) is 0 Å². The molecule has 86 valence electrons. The summed E-state index contributed by atoms with van der Waals surface area (Å²) in [5.74, 6) is 0.759. The fraction of sp³-hybridized carbons (Fsp3) is 0.467. The number of benzene rings is 1. The molecule has 16 heavy (non-hydrogen) atoms. The number of aryl methyl sites for hydroxylation is 1. The minimum Gasteiger partial charge on any atom is -0.308 e. The van der Waals surface area contributed by atoms with Crippen LogP contribution in [0.5, 0.6) is 0 Å². The van der Waals surface area contributed by atoms with E-state index in [4.69, 9.17) is 0 Å². The number of hydrogen-bond acceptors (Lipinski definition) is 1. The Morgan fingerprint density at radius 3 is 2.50 bits per heavy atom. The Morgan fingerprint density at radius 1 is 1.31 bits per heavy atom. The summed E-state index contributed by atoms with van der Waals surface area (Å²) < 4.78 is 0. The molecule has 1 aliphatic rings. The topological polar surface area (TPSA) is 12.0 Å². The Kier molecular flexibility index (Phi) is 3.45. The monoisotopic (exact) mass is 215 g/mol. The van der Waals surface area contributed by atoms with Gasteiger partial charge in [-0.3, -0.25) is 0 Å². The SMILES string of the molecule is C=CC(C)NC1CC(c2ccc(C)cc2)C1. The Balaban J connectivity index is 1.84. The largest absolute Gasteiger partial charge is 0.308 e. The van der Waals surface area contributed by atoms with Crippen LogP contribution >= 0.6 is 0 Å². The molecule has 0 heterocycles. The Labute approximate surface area is 98.6 Å². The molecule has 0 aromatic heterocycles. The van der Waals surface area contributed by atoms with E-state index in [1.54, 1.807) is 0 Å². The molecule has 1 unspecified atom stereocenters. The molecule has 1 aromatic rings. The summed E-state index contributed by atoms with van der Waals surface area (Å²) in [4.78, 5) is 0. The van der Waals surface area contributed by atoms with Crippen molar-refractivity contribution in [1.82, 2.24) is 5.32 Å². The van der Waals surface area contributed by atoms with Crippen LogP contribution in [0.15, 0.2) is 36.9 Å². The normalized spacial score (nSPS) is 25.9. The molecule has 1 nitrogen and oxygen atoms in total. The summed E-state index contributed by atoms with van der Waals surface area (Å²) in [5.41, 5.74) is 2.84. The van der Waals surface area contributed by atoms with Gasteiger partial charge in [0, 0.05) is 12.1 Å². The van der Waals surface area contributed by atoms with Crippen molar-refractivity contribution in [2.75, 3.05) is 0 Å². The zero-order chi connectivity index (χ0) is 11.5. The van der Waals surface area contributed by atoms with Crippen molar-refractivity contribution in [3.8, 4) is 0 Å². The van der Waals surface area contributed by atoms with E-state index in [9.17, 15) is 0 Å². The first-order valence-electron chi connectivity index (χ1n) is 6.14. The van der Waals surface area contributed by atoms with Crippen molar-refractivity contribution in [2.45, 2.75) is 44.7 Å². The Bertz CT molecular complexity index is 346. The average Bonchev–Trinajstić information content (AvgIpc) is 2.24. The zero-order valence-electron chi connectivity index (χ0n) is 10.2. The third kappa shape index (κ3) is 2.53. The summed E-state index contributed by atoms with van der Waals surface area (Å²) in [6.07, 6.45) is 4.50. The minimum atomic E-state index is 0.434. The number of hydrogen-bond donors (Lipinski definition) is 1. The van der Waals surface area contributed by atoms with Crippen LogP contribution in [-0.2, 0) is 0 Å². The molecule has 1 N–H and O–H groups in total. The third-order valence-electron chi connectivity index (χ3n) is 3.54. The first-order chi connectivity index (χ1) is 7.69. The molecule has 1 fully saturated rings. The Morgan fingerprint density at radius 2 is 1.94 bits per heavy atom. The summed E-state index contributed by atoms with van der Waals surface area (Å²) in [7, 11) is 0. The lowest BCUT2D eigenvalue weighted by Crippen LogP contribution is -2.43. The van der Waals surface area contributed by atoms with E-state index < -0.39 is 0 Å². The first-order valence-corrected chi connectivity index (χ1v) is 6.14. The van der Waals surface area contributed by atoms with Crippen LogP contribution in [0.2, 0.25) is 0 Å². The fourth-order valence-corrected chi connectivity index (χ4v) is 2.30. The van der Waals surface area contributed by atoms with Gasteiger partial charge in [-0.05, 0) is 38.2 Å². The molecule has 1 atom stereocenters. The van der Waals surface area contributed by atoms with Gasteiger partial charge in [0.2, 0.25) is 0 Å². The van der Waals surface area contributed by atoms with Gasteiger partial charge < -0.3 is 5.32 Å².